The van der Waals surface area contributed by atoms with Gasteiger partial charge < -0.3 is 10.1 Å². The smallest absolute Gasteiger partial charge is 0.226 e. The second-order valence-electron chi connectivity index (χ2n) is 8.89. The van der Waals surface area contributed by atoms with Gasteiger partial charge in [0.1, 0.15) is 5.75 Å². The number of rotatable bonds is 6. The fourth-order valence-electron chi connectivity index (χ4n) is 5.55. The summed E-state index contributed by atoms with van der Waals surface area (Å²) in [4.78, 5) is 19.7. The molecule has 4 rings (SSSR count). The van der Waals surface area contributed by atoms with E-state index in [9.17, 15) is 4.79 Å². The number of aryl methyl sites for hydroxylation is 1. The SMILES string of the molecule is COc1ccc(C(C)N2C3CCC2CC(NC(=O)Cc2csc(C)n2)C3)c(C)c1C. The van der Waals surface area contributed by atoms with Crippen LogP contribution in [0.4, 0.5) is 0 Å². The summed E-state index contributed by atoms with van der Waals surface area (Å²) in [5.74, 6) is 1.07. The topological polar surface area (TPSA) is 54.5 Å². The summed E-state index contributed by atoms with van der Waals surface area (Å²) >= 11 is 1.60. The van der Waals surface area contributed by atoms with Gasteiger partial charge in [-0.25, -0.2) is 4.98 Å². The second kappa shape index (κ2) is 8.67. The number of carbonyl (C=O) groups excluding carboxylic acids is 1. The van der Waals surface area contributed by atoms with Crippen LogP contribution in [0.2, 0.25) is 0 Å². The largest absolute Gasteiger partial charge is 0.496 e. The van der Waals surface area contributed by atoms with Gasteiger partial charge in [-0.3, -0.25) is 9.69 Å². The molecule has 3 atom stereocenters. The van der Waals surface area contributed by atoms with Gasteiger partial charge in [0, 0.05) is 29.5 Å². The predicted molar refractivity (Wildman–Crippen MR) is 121 cm³/mol. The van der Waals surface area contributed by atoms with Crippen LogP contribution in [0.3, 0.4) is 0 Å². The Hall–Kier alpha value is -1.92. The van der Waals surface area contributed by atoms with Crippen molar-refractivity contribution in [2.24, 2.45) is 0 Å². The summed E-state index contributed by atoms with van der Waals surface area (Å²) in [5.41, 5.74) is 4.84. The minimum Gasteiger partial charge on any atom is -0.496 e. The molecule has 1 N–H and O–H groups in total. The van der Waals surface area contributed by atoms with E-state index < -0.39 is 0 Å². The van der Waals surface area contributed by atoms with Crippen LogP contribution in [0.5, 0.6) is 5.75 Å². The monoisotopic (exact) mass is 427 g/mol. The third kappa shape index (κ3) is 4.12. The van der Waals surface area contributed by atoms with Crippen molar-refractivity contribution in [2.75, 3.05) is 7.11 Å². The number of aromatic nitrogens is 1. The second-order valence-corrected chi connectivity index (χ2v) is 9.95. The molecule has 0 radical (unpaired) electrons. The zero-order valence-corrected chi connectivity index (χ0v) is 19.5. The van der Waals surface area contributed by atoms with E-state index >= 15 is 0 Å². The van der Waals surface area contributed by atoms with Crippen LogP contribution < -0.4 is 10.1 Å². The lowest BCUT2D eigenvalue weighted by molar-refractivity contribution is -0.121. The van der Waals surface area contributed by atoms with E-state index in [0.29, 0.717) is 24.5 Å². The predicted octanol–water partition coefficient (Wildman–Crippen LogP) is 4.49. The zero-order chi connectivity index (χ0) is 21.4. The van der Waals surface area contributed by atoms with E-state index in [-0.39, 0.29) is 11.9 Å². The molecule has 3 unspecified atom stereocenters. The lowest BCUT2D eigenvalue weighted by atomic mass is 9.91. The minimum absolute atomic E-state index is 0.104. The Morgan fingerprint density at radius 2 is 1.93 bits per heavy atom. The van der Waals surface area contributed by atoms with Crippen molar-refractivity contribution in [3.05, 3.63) is 44.9 Å². The average Bonchev–Trinajstić information content (AvgIpc) is 3.23. The normalized spacial score (nSPS) is 24.6. The number of carbonyl (C=O) groups is 1. The molecule has 1 amide bonds. The number of thiazole rings is 1. The summed E-state index contributed by atoms with van der Waals surface area (Å²) in [7, 11) is 1.74. The van der Waals surface area contributed by atoms with Crippen LogP contribution in [0.15, 0.2) is 17.5 Å². The first kappa shape index (κ1) is 21.3. The van der Waals surface area contributed by atoms with Crippen molar-refractivity contribution < 1.29 is 9.53 Å². The van der Waals surface area contributed by atoms with Gasteiger partial charge in [-0.15, -0.1) is 11.3 Å². The van der Waals surface area contributed by atoms with E-state index in [2.05, 4.69) is 48.1 Å². The van der Waals surface area contributed by atoms with Gasteiger partial charge in [0.15, 0.2) is 0 Å². The molecule has 3 heterocycles. The molecule has 0 spiro atoms. The van der Waals surface area contributed by atoms with Gasteiger partial charge in [-0.2, -0.15) is 0 Å². The Bertz CT molecular complexity index is 911. The molecule has 2 fully saturated rings. The number of nitrogens with zero attached hydrogens (tertiary/aromatic N) is 2. The molecule has 2 bridgehead atoms. The molecule has 1 aromatic heterocycles. The summed E-state index contributed by atoms with van der Waals surface area (Å²) in [5, 5.41) is 6.30. The number of benzene rings is 1. The van der Waals surface area contributed by atoms with Crippen LogP contribution in [-0.4, -0.2) is 41.0 Å². The van der Waals surface area contributed by atoms with Crippen molar-refractivity contribution in [3.63, 3.8) is 0 Å². The maximum Gasteiger partial charge on any atom is 0.226 e. The lowest BCUT2D eigenvalue weighted by Crippen LogP contribution is -2.51. The van der Waals surface area contributed by atoms with E-state index in [1.54, 1.807) is 18.4 Å². The Morgan fingerprint density at radius 1 is 1.23 bits per heavy atom. The maximum absolute atomic E-state index is 12.5. The van der Waals surface area contributed by atoms with Crippen LogP contribution in [0, 0.1) is 20.8 Å². The van der Waals surface area contributed by atoms with Crippen LogP contribution >= 0.6 is 11.3 Å². The van der Waals surface area contributed by atoms with E-state index in [4.69, 9.17) is 4.74 Å². The number of hydrogen-bond donors (Lipinski definition) is 1. The highest BCUT2D eigenvalue weighted by molar-refractivity contribution is 7.09. The summed E-state index contributed by atoms with van der Waals surface area (Å²) < 4.78 is 5.50. The van der Waals surface area contributed by atoms with Crippen molar-refractivity contribution in [2.45, 2.75) is 84.0 Å². The summed E-state index contributed by atoms with van der Waals surface area (Å²) in [6.45, 7) is 8.67. The molecule has 2 aliphatic heterocycles. The third-order valence-electron chi connectivity index (χ3n) is 7.06. The molecule has 0 saturated carbocycles. The molecular formula is C24H33N3O2S. The van der Waals surface area contributed by atoms with E-state index in [1.165, 1.54) is 29.5 Å². The first-order valence-electron chi connectivity index (χ1n) is 11.0. The fraction of sp³-hybridized carbons (Fsp3) is 0.583. The molecule has 30 heavy (non-hydrogen) atoms. The molecule has 2 aromatic rings. The quantitative estimate of drug-likeness (QED) is 0.738. The summed E-state index contributed by atoms with van der Waals surface area (Å²) in [6.07, 6.45) is 4.91. The lowest BCUT2D eigenvalue weighted by Gasteiger charge is -2.43. The van der Waals surface area contributed by atoms with Crippen molar-refractivity contribution in [1.82, 2.24) is 15.2 Å². The highest BCUT2D eigenvalue weighted by Gasteiger charge is 2.43. The van der Waals surface area contributed by atoms with Crippen LogP contribution in [0.25, 0.3) is 0 Å². The first-order chi connectivity index (χ1) is 14.4. The third-order valence-corrected chi connectivity index (χ3v) is 7.88. The van der Waals surface area contributed by atoms with Crippen molar-refractivity contribution in [3.8, 4) is 5.75 Å². The highest BCUT2D eigenvalue weighted by Crippen LogP contribution is 2.43. The number of nitrogens with one attached hydrogen (secondary N) is 1. The molecule has 5 nitrogen and oxygen atoms in total. The van der Waals surface area contributed by atoms with Gasteiger partial charge in [-0.05, 0) is 76.1 Å². The van der Waals surface area contributed by atoms with Crippen molar-refractivity contribution >= 4 is 17.2 Å². The van der Waals surface area contributed by atoms with Crippen LogP contribution in [-0.2, 0) is 11.2 Å². The molecule has 2 saturated heterocycles. The maximum atomic E-state index is 12.5. The average molecular weight is 428 g/mol. The number of methoxy groups -OCH3 is 1. The van der Waals surface area contributed by atoms with Gasteiger partial charge in [0.2, 0.25) is 5.91 Å². The Morgan fingerprint density at radius 3 is 2.53 bits per heavy atom. The van der Waals surface area contributed by atoms with E-state index in [1.807, 2.05) is 12.3 Å². The van der Waals surface area contributed by atoms with Gasteiger partial charge >= 0.3 is 0 Å². The number of fused-ring (bicyclic) bond motifs is 2. The van der Waals surface area contributed by atoms with Crippen LogP contribution in [0.1, 0.15) is 66.0 Å². The Balaban J connectivity index is 1.41. The van der Waals surface area contributed by atoms with E-state index in [0.717, 1.165) is 29.3 Å². The van der Waals surface area contributed by atoms with Gasteiger partial charge in [0.25, 0.3) is 0 Å². The first-order valence-corrected chi connectivity index (χ1v) is 11.9. The Labute approximate surface area is 183 Å². The zero-order valence-electron chi connectivity index (χ0n) is 18.7. The highest BCUT2D eigenvalue weighted by atomic mass is 32.1. The molecule has 2 aliphatic rings. The minimum atomic E-state index is 0.104. The molecular weight excluding hydrogens is 394 g/mol. The number of ether oxygens (including phenoxy) is 1. The number of hydrogen-bond acceptors (Lipinski definition) is 5. The fourth-order valence-corrected chi connectivity index (χ4v) is 6.16. The number of piperidine rings is 1. The van der Waals surface area contributed by atoms with Crippen molar-refractivity contribution in [1.29, 1.82) is 0 Å². The molecule has 0 aliphatic carbocycles. The standard InChI is InChI=1S/C24H33N3O2S/c1-14-15(2)23(29-5)9-8-22(14)16(3)27-20-6-7-21(27)11-18(10-20)26-24(28)12-19-13-30-17(4)25-19/h8-9,13,16,18,20-21H,6-7,10-12H2,1-5H3,(H,26,28). The van der Waals surface area contributed by atoms with Gasteiger partial charge in [0.05, 0.1) is 24.2 Å². The number of amides is 1. The molecule has 162 valence electrons. The van der Waals surface area contributed by atoms with Gasteiger partial charge in [-0.1, -0.05) is 6.07 Å². The summed E-state index contributed by atoms with van der Waals surface area (Å²) in [6, 6.07) is 6.05. The molecule has 1 aromatic carbocycles. The Kier molecular flexibility index (Phi) is 6.16. The molecule has 6 heteroatoms.